The molecule has 0 radical (unpaired) electrons. The molecule has 0 bridgehead atoms. The van der Waals surface area contributed by atoms with Gasteiger partial charge in [-0.15, -0.1) is 0 Å². The minimum absolute atomic E-state index is 0.0534. The van der Waals surface area contributed by atoms with Gasteiger partial charge in [-0.25, -0.2) is 0 Å². The SMILES string of the molecule is OC1(O)C(F)(F)[C@@H](c2ccccc2)[C@]2(c3ccc(Br)cc3)Oc3cc(Cl)cnc3[C@]12O. The van der Waals surface area contributed by atoms with E-state index in [4.69, 9.17) is 16.3 Å². The highest BCUT2D eigenvalue weighted by atomic mass is 79.9. The van der Waals surface area contributed by atoms with E-state index in [0.29, 0.717) is 4.47 Å². The molecular weight excluding hydrogens is 496 g/mol. The smallest absolute Gasteiger partial charge is 0.315 e. The predicted molar refractivity (Wildman–Crippen MR) is 111 cm³/mol. The Balaban J connectivity index is 1.92. The lowest BCUT2D eigenvalue weighted by Gasteiger charge is -2.40. The van der Waals surface area contributed by atoms with Crippen molar-refractivity contribution in [3.05, 3.63) is 93.2 Å². The number of aliphatic hydroxyl groups is 3. The highest BCUT2D eigenvalue weighted by Crippen LogP contribution is 2.73. The molecule has 3 N–H and O–H groups in total. The summed E-state index contributed by atoms with van der Waals surface area (Å²) in [4.78, 5) is 3.98. The van der Waals surface area contributed by atoms with Crippen LogP contribution in [0.2, 0.25) is 5.02 Å². The van der Waals surface area contributed by atoms with Crippen molar-refractivity contribution in [1.82, 2.24) is 4.98 Å². The van der Waals surface area contributed by atoms with Crippen LogP contribution in [0.25, 0.3) is 0 Å². The lowest BCUT2D eigenvalue weighted by atomic mass is 9.72. The normalized spacial score (nSPS) is 29.8. The van der Waals surface area contributed by atoms with E-state index in [1.54, 1.807) is 30.3 Å². The third-order valence-corrected chi connectivity index (χ3v) is 6.85. The maximum atomic E-state index is 15.8. The van der Waals surface area contributed by atoms with Crippen LogP contribution in [-0.4, -0.2) is 32.0 Å². The van der Waals surface area contributed by atoms with Gasteiger partial charge in [-0.05, 0) is 23.3 Å². The molecule has 1 fully saturated rings. The highest BCUT2D eigenvalue weighted by molar-refractivity contribution is 9.10. The number of hydrogen-bond acceptors (Lipinski definition) is 5. The Kier molecular flexibility index (Phi) is 4.33. The zero-order valence-electron chi connectivity index (χ0n) is 15.6. The quantitative estimate of drug-likeness (QED) is 0.453. The third kappa shape index (κ3) is 2.37. The Labute approximate surface area is 189 Å². The van der Waals surface area contributed by atoms with Crippen LogP contribution in [0, 0.1) is 0 Å². The minimum Gasteiger partial charge on any atom is -0.476 e. The average Bonchev–Trinajstić information content (AvgIpc) is 3.03. The summed E-state index contributed by atoms with van der Waals surface area (Å²) in [6.07, 6.45) is 1.13. The molecule has 5 rings (SSSR count). The molecule has 3 atom stereocenters. The average molecular weight is 511 g/mol. The summed E-state index contributed by atoms with van der Waals surface area (Å²) in [5, 5.41) is 33.7. The number of halogens is 4. The Morgan fingerprint density at radius 2 is 1.65 bits per heavy atom. The van der Waals surface area contributed by atoms with Crippen LogP contribution >= 0.6 is 27.5 Å². The van der Waals surface area contributed by atoms with Gasteiger partial charge in [0.25, 0.3) is 5.79 Å². The van der Waals surface area contributed by atoms with Crippen LogP contribution < -0.4 is 4.74 Å². The molecule has 3 aromatic rings. The first-order valence-electron chi connectivity index (χ1n) is 9.28. The van der Waals surface area contributed by atoms with Crippen molar-refractivity contribution in [2.24, 2.45) is 0 Å². The number of ether oxygens (including phenoxy) is 1. The molecule has 2 aliphatic rings. The van der Waals surface area contributed by atoms with Crippen LogP contribution in [-0.2, 0) is 11.2 Å². The summed E-state index contributed by atoms with van der Waals surface area (Å²) in [7, 11) is 0. The van der Waals surface area contributed by atoms with Crippen LogP contribution in [0.15, 0.2) is 71.3 Å². The molecule has 2 heterocycles. The fourth-order valence-corrected chi connectivity index (χ4v) is 5.22. The molecule has 1 aliphatic heterocycles. The predicted octanol–water partition coefficient (Wildman–Crippen LogP) is 4.09. The van der Waals surface area contributed by atoms with E-state index in [1.807, 2.05) is 0 Å². The molecule has 9 heteroatoms. The van der Waals surface area contributed by atoms with Crippen molar-refractivity contribution >= 4 is 27.5 Å². The van der Waals surface area contributed by atoms with Gasteiger partial charge < -0.3 is 20.1 Å². The lowest BCUT2D eigenvalue weighted by Crippen LogP contribution is -2.61. The first-order chi connectivity index (χ1) is 14.6. The topological polar surface area (TPSA) is 82.8 Å². The molecule has 160 valence electrons. The van der Waals surface area contributed by atoms with Crippen molar-refractivity contribution < 1.29 is 28.8 Å². The summed E-state index contributed by atoms with van der Waals surface area (Å²) < 4.78 is 38.4. The fourth-order valence-electron chi connectivity index (χ4n) is 4.80. The third-order valence-electron chi connectivity index (χ3n) is 6.11. The van der Waals surface area contributed by atoms with Crippen molar-refractivity contribution in [2.45, 2.75) is 28.8 Å². The van der Waals surface area contributed by atoms with Crippen LogP contribution in [0.3, 0.4) is 0 Å². The molecule has 0 amide bonds. The molecule has 1 aromatic heterocycles. The van der Waals surface area contributed by atoms with E-state index >= 15 is 8.78 Å². The molecule has 0 spiro atoms. The van der Waals surface area contributed by atoms with Gasteiger partial charge in [-0.1, -0.05) is 70.0 Å². The molecule has 2 aromatic carbocycles. The monoisotopic (exact) mass is 509 g/mol. The van der Waals surface area contributed by atoms with E-state index < -0.39 is 34.5 Å². The zero-order valence-corrected chi connectivity index (χ0v) is 18.0. The van der Waals surface area contributed by atoms with Gasteiger partial charge in [0.1, 0.15) is 17.4 Å². The maximum absolute atomic E-state index is 15.8. The van der Waals surface area contributed by atoms with E-state index in [9.17, 15) is 15.3 Å². The summed E-state index contributed by atoms with van der Waals surface area (Å²) >= 11 is 9.32. The molecule has 1 aliphatic carbocycles. The van der Waals surface area contributed by atoms with Crippen LogP contribution in [0.5, 0.6) is 5.75 Å². The number of alkyl halides is 2. The lowest BCUT2D eigenvalue weighted by molar-refractivity contribution is -0.351. The second-order valence-corrected chi connectivity index (χ2v) is 9.05. The second-order valence-electron chi connectivity index (χ2n) is 7.69. The van der Waals surface area contributed by atoms with Crippen molar-refractivity contribution in [1.29, 1.82) is 0 Å². The van der Waals surface area contributed by atoms with Crippen LogP contribution in [0.1, 0.15) is 22.7 Å². The first kappa shape index (κ1) is 20.8. The minimum atomic E-state index is -4.23. The number of fused-ring (bicyclic) bond motifs is 3. The number of benzene rings is 2. The Hall–Kier alpha value is -2.10. The summed E-state index contributed by atoms with van der Waals surface area (Å²) in [5.74, 6) is -10.2. The second kappa shape index (κ2) is 6.46. The summed E-state index contributed by atoms with van der Waals surface area (Å²) in [6.45, 7) is 0. The van der Waals surface area contributed by atoms with Gasteiger partial charge in [0.15, 0.2) is 5.60 Å². The maximum Gasteiger partial charge on any atom is 0.315 e. The van der Waals surface area contributed by atoms with Crippen LogP contribution in [0.4, 0.5) is 8.78 Å². The number of rotatable bonds is 2. The standard InChI is InChI=1S/C22H15BrClF2NO4/c23-14-8-6-13(7-9-14)19-17(12-4-2-1-3-5-12)21(25,26)22(29,30)20(19,28)18-16(31-19)10-15(24)11-27-18/h1-11,17,28-30H/t17-,19-,20+/m0/s1. The van der Waals surface area contributed by atoms with Gasteiger partial charge in [0.05, 0.1) is 5.02 Å². The molecule has 1 saturated carbocycles. The van der Waals surface area contributed by atoms with Crippen molar-refractivity contribution in [2.75, 3.05) is 0 Å². The van der Waals surface area contributed by atoms with Gasteiger partial charge in [0, 0.05) is 16.7 Å². The van der Waals surface area contributed by atoms with E-state index in [2.05, 4.69) is 20.9 Å². The van der Waals surface area contributed by atoms with Gasteiger partial charge >= 0.3 is 5.92 Å². The number of hydrogen-bond donors (Lipinski definition) is 3. The van der Waals surface area contributed by atoms with Gasteiger partial charge in [0.2, 0.25) is 5.60 Å². The van der Waals surface area contributed by atoms with Gasteiger partial charge in [-0.2, -0.15) is 8.78 Å². The van der Waals surface area contributed by atoms with Gasteiger partial charge in [-0.3, -0.25) is 4.98 Å². The van der Waals surface area contributed by atoms with Crippen molar-refractivity contribution in [3.8, 4) is 5.75 Å². The molecule has 0 saturated heterocycles. The Morgan fingerprint density at radius 1 is 1.00 bits per heavy atom. The molecule has 5 nitrogen and oxygen atoms in total. The fraction of sp³-hybridized carbons (Fsp3) is 0.227. The number of pyridine rings is 1. The van der Waals surface area contributed by atoms with E-state index in [-0.39, 0.29) is 21.9 Å². The number of aromatic nitrogens is 1. The van der Waals surface area contributed by atoms with Crippen molar-refractivity contribution in [3.63, 3.8) is 0 Å². The zero-order chi connectivity index (χ0) is 22.2. The van der Waals surface area contributed by atoms with E-state index in [0.717, 1.165) is 6.20 Å². The Morgan fingerprint density at radius 3 is 2.29 bits per heavy atom. The summed E-state index contributed by atoms with van der Waals surface area (Å²) in [6, 6.07) is 15.0. The molecule has 0 unspecified atom stereocenters. The highest BCUT2D eigenvalue weighted by Gasteiger charge is 2.90. The first-order valence-corrected chi connectivity index (χ1v) is 10.5. The van der Waals surface area contributed by atoms with E-state index in [1.165, 1.54) is 30.3 Å². The Bertz CT molecular complexity index is 1180. The molecular formula is C22H15BrClF2NO4. The summed E-state index contributed by atoms with van der Waals surface area (Å²) in [5.41, 5.74) is -5.59. The molecule has 31 heavy (non-hydrogen) atoms. The number of nitrogens with zero attached hydrogens (tertiary/aromatic N) is 1. The largest absolute Gasteiger partial charge is 0.476 e.